The first-order valence-corrected chi connectivity index (χ1v) is 7.30. The number of anilines is 1. The van der Waals surface area contributed by atoms with Gasteiger partial charge in [0.05, 0.1) is 17.3 Å². The number of esters is 1. The molecule has 5 heteroatoms. The number of para-hydroxylation sites is 1. The average molecular weight is 324 g/mol. The molecule has 2 rings (SSSR count). The minimum atomic E-state index is -0.663. The van der Waals surface area contributed by atoms with E-state index in [1.54, 1.807) is 37.3 Å². The third-order valence-electron chi connectivity index (χ3n) is 2.88. The lowest BCUT2D eigenvalue weighted by atomic mass is 10.1. The van der Waals surface area contributed by atoms with E-state index in [4.69, 9.17) is 27.9 Å². The number of benzene rings is 2. The summed E-state index contributed by atoms with van der Waals surface area (Å²) in [5.74, 6) is -0.375. The van der Waals surface area contributed by atoms with E-state index in [-0.39, 0.29) is 5.97 Å². The largest absolute Gasteiger partial charge is 0.464 e. The molecule has 3 nitrogen and oxygen atoms in total. The summed E-state index contributed by atoms with van der Waals surface area (Å²) < 4.78 is 5.12. The first-order valence-electron chi connectivity index (χ1n) is 6.55. The van der Waals surface area contributed by atoms with Gasteiger partial charge in [0.2, 0.25) is 0 Å². The summed E-state index contributed by atoms with van der Waals surface area (Å²) in [6, 6.07) is 13.7. The molecule has 0 aliphatic rings. The van der Waals surface area contributed by atoms with E-state index in [9.17, 15) is 4.79 Å². The predicted octanol–water partition coefficient (Wildman–Crippen LogP) is 4.71. The van der Waals surface area contributed by atoms with Gasteiger partial charge in [0.15, 0.2) is 6.04 Å². The van der Waals surface area contributed by atoms with Crippen molar-refractivity contribution in [3.63, 3.8) is 0 Å². The van der Waals surface area contributed by atoms with Gasteiger partial charge in [-0.2, -0.15) is 0 Å². The molecule has 2 aromatic carbocycles. The van der Waals surface area contributed by atoms with Gasteiger partial charge in [-0.1, -0.05) is 47.5 Å². The highest BCUT2D eigenvalue weighted by molar-refractivity contribution is 6.33. The van der Waals surface area contributed by atoms with Crippen molar-refractivity contribution in [2.45, 2.75) is 13.0 Å². The summed E-state index contributed by atoms with van der Waals surface area (Å²) in [5.41, 5.74) is 1.39. The molecule has 0 aliphatic heterocycles. The van der Waals surface area contributed by atoms with Crippen molar-refractivity contribution in [3.8, 4) is 0 Å². The quantitative estimate of drug-likeness (QED) is 0.810. The van der Waals surface area contributed by atoms with E-state index in [1.165, 1.54) is 0 Å². The lowest BCUT2D eigenvalue weighted by Gasteiger charge is -2.19. The monoisotopic (exact) mass is 323 g/mol. The molecule has 0 bridgehead atoms. The summed E-state index contributed by atoms with van der Waals surface area (Å²) in [7, 11) is 0. The van der Waals surface area contributed by atoms with Crippen LogP contribution in [-0.2, 0) is 9.53 Å². The second kappa shape index (κ2) is 7.34. The van der Waals surface area contributed by atoms with E-state index in [0.717, 1.165) is 5.56 Å². The zero-order valence-electron chi connectivity index (χ0n) is 11.5. The van der Waals surface area contributed by atoms with Crippen LogP contribution in [0.3, 0.4) is 0 Å². The molecule has 1 N–H and O–H groups in total. The van der Waals surface area contributed by atoms with Crippen molar-refractivity contribution in [1.29, 1.82) is 0 Å². The minimum absolute atomic E-state index is 0.306. The van der Waals surface area contributed by atoms with Gasteiger partial charge in [-0.15, -0.1) is 0 Å². The van der Waals surface area contributed by atoms with Crippen molar-refractivity contribution in [1.82, 2.24) is 0 Å². The number of halogens is 2. The molecule has 0 saturated carbocycles. The Morgan fingerprint density at radius 1 is 1.19 bits per heavy atom. The summed E-state index contributed by atoms with van der Waals surface area (Å²) in [5, 5.41) is 4.20. The van der Waals surface area contributed by atoms with Crippen LogP contribution in [0.25, 0.3) is 0 Å². The molecule has 1 atom stereocenters. The highest BCUT2D eigenvalue weighted by Crippen LogP contribution is 2.28. The molecule has 0 spiro atoms. The van der Waals surface area contributed by atoms with Gasteiger partial charge in [0.1, 0.15) is 0 Å². The molecule has 0 aliphatic carbocycles. The third-order valence-corrected chi connectivity index (χ3v) is 3.44. The van der Waals surface area contributed by atoms with Gasteiger partial charge in [-0.3, -0.25) is 0 Å². The van der Waals surface area contributed by atoms with Crippen LogP contribution in [0.1, 0.15) is 18.5 Å². The number of nitrogens with one attached hydrogen (secondary N) is 1. The molecular weight excluding hydrogens is 309 g/mol. The molecule has 0 saturated heterocycles. The summed E-state index contributed by atoms with van der Waals surface area (Å²) in [6.45, 7) is 2.07. The second-order valence-electron chi connectivity index (χ2n) is 4.36. The van der Waals surface area contributed by atoms with Crippen LogP contribution in [-0.4, -0.2) is 12.6 Å². The fourth-order valence-electron chi connectivity index (χ4n) is 1.92. The number of hydrogen-bond donors (Lipinski definition) is 1. The maximum absolute atomic E-state index is 12.2. The summed E-state index contributed by atoms with van der Waals surface area (Å²) >= 11 is 12.1. The van der Waals surface area contributed by atoms with E-state index in [2.05, 4.69) is 5.32 Å². The SMILES string of the molecule is CCOC(=O)C(Nc1ccccc1Cl)c1cccc(Cl)c1. The van der Waals surface area contributed by atoms with Gasteiger partial charge < -0.3 is 10.1 Å². The smallest absolute Gasteiger partial charge is 0.333 e. The number of carbonyl (C=O) groups is 1. The Bertz CT molecular complexity index is 631. The first kappa shape index (κ1) is 15.7. The highest BCUT2D eigenvalue weighted by Gasteiger charge is 2.22. The normalized spacial score (nSPS) is 11.8. The Labute approximate surface area is 133 Å². The van der Waals surface area contributed by atoms with Crippen LogP contribution in [0.2, 0.25) is 10.0 Å². The van der Waals surface area contributed by atoms with E-state index in [0.29, 0.717) is 22.3 Å². The van der Waals surface area contributed by atoms with Crippen LogP contribution >= 0.6 is 23.2 Å². The number of hydrogen-bond acceptors (Lipinski definition) is 3. The van der Waals surface area contributed by atoms with E-state index >= 15 is 0 Å². The molecule has 21 heavy (non-hydrogen) atoms. The molecule has 0 amide bonds. The topological polar surface area (TPSA) is 38.3 Å². The van der Waals surface area contributed by atoms with Crippen LogP contribution in [0.5, 0.6) is 0 Å². The van der Waals surface area contributed by atoms with Crippen molar-refractivity contribution in [3.05, 3.63) is 64.1 Å². The number of ether oxygens (including phenoxy) is 1. The Morgan fingerprint density at radius 3 is 2.62 bits per heavy atom. The Kier molecular flexibility index (Phi) is 5.48. The Balaban J connectivity index is 2.33. The Morgan fingerprint density at radius 2 is 1.95 bits per heavy atom. The lowest BCUT2D eigenvalue weighted by Crippen LogP contribution is -2.23. The molecular formula is C16H15Cl2NO2. The van der Waals surface area contributed by atoms with Crippen LogP contribution in [0, 0.1) is 0 Å². The van der Waals surface area contributed by atoms with E-state index in [1.807, 2.05) is 18.2 Å². The van der Waals surface area contributed by atoms with Gasteiger partial charge in [-0.25, -0.2) is 4.79 Å². The molecule has 0 fully saturated rings. The maximum Gasteiger partial charge on any atom is 0.333 e. The third kappa shape index (κ3) is 4.13. The fourth-order valence-corrected chi connectivity index (χ4v) is 2.31. The van der Waals surface area contributed by atoms with Crippen molar-refractivity contribution >= 4 is 34.9 Å². The molecule has 0 radical (unpaired) electrons. The molecule has 0 aromatic heterocycles. The molecule has 0 heterocycles. The van der Waals surface area contributed by atoms with Crippen molar-refractivity contribution in [2.24, 2.45) is 0 Å². The minimum Gasteiger partial charge on any atom is -0.464 e. The maximum atomic E-state index is 12.2. The predicted molar refractivity (Wildman–Crippen MR) is 85.9 cm³/mol. The fraction of sp³-hybridized carbons (Fsp3) is 0.188. The average Bonchev–Trinajstić information content (AvgIpc) is 2.46. The van der Waals surface area contributed by atoms with Gasteiger partial charge in [0, 0.05) is 5.02 Å². The Hall–Kier alpha value is -1.71. The summed E-state index contributed by atoms with van der Waals surface area (Å²) in [4.78, 5) is 12.2. The van der Waals surface area contributed by atoms with Crippen LogP contribution in [0.4, 0.5) is 5.69 Å². The molecule has 110 valence electrons. The first-order chi connectivity index (χ1) is 10.1. The molecule has 2 aromatic rings. The van der Waals surface area contributed by atoms with Gasteiger partial charge in [0.25, 0.3) is 0 Å². The number of carbonyl (C=O) groups excluding carboxylic acids is 1. The van der Waals surface area contributed by atoms with Crippen LogP contribution in [0.15, 0.2) is 48.5 Å². The van der Waals surface area contributed by atoms with Gasteiger partial charge >= 0.3 is 5.97 Å². The van der Waals surface area contributed by atoms with Crippen molar-refractivity contribution in [2.75, 3.05) is 11.9 Å². The van der Waals surface area contributed by atoms with Crippen LogP contribution < -0.4 is 5.32 Å². The zero-order chi connectivity index (χ0) is 15.2. The standard InChI is InChI=1S/C16H15Cl2NO2/c1-2-21-16(20)15(11-6-5-7-12(17)10-11)19-14-9-4-3-8-13(14)18/h3-10,15,19H,2H2,1H3. The van der Waals surface area contributed by atoms with Gasteiger partial charge in [-0.05, 0) is 36.8 Å². The lowest BCUT2D eigenvalue weighted by molar-refractivity contribution is -0.144. The number of rotatable bonds is 5. The molecule has 1 unspecified atom stereocenters. The second-order valence-corrected chi connectivity index (χ2v) is 5.21. The zero-order valence-corrected chi connectivity index (χ0v) is 13.0. The highest BCUT2D eigenvalue weighted by atomic mass is 35.5. The van der Waals surface area contributed by atoms with Crippen molar-refractivity contribution < 1.29 is 9.53 Å². The van der Waals surface area contributed by atoms with E-state index < -0.39 is 6.04 Å². The summed E-state index contributed by atoms with van der Waals surface area (Å²) in [6.07, 6.45) is 0.